The third-order valence-corrected chi connectivity index (χ3v) is 8.06. The molecule has 0 saturated carbocycles. The van der Waals surface area contributed by atoms with E-state index in [1.165, 1.54) is 21.3 Å². The molecule has 1 amide bonds. The van der Waals surface area contributed by atoms with Crippen LogP contribution in [0.5, 0.6) is 17.2 Å². The molecule has 33 heavy (non-hydrogen) atoms. The first-order valence-electron chi connectivity index (χ1n) is 10.9. The van der Waals surface area contributed by atoms with Gasteiger partial charge in [-0.05, 0) is 68.7 Å². The lowest BCUT2D eigenvalue weighted by molar-refractivity contribution is -0.115. The molecule has 1 aliphatic heterocycles. The van der Waals surface area contributed by atoms with Crippen LogP contribution in [0.2, 0.25) is 0 Å². The van der Waals surface area contributed by atoms with Crippen LogP contribution in [0.4, 0.5) is 5.69 Å². The smallest absolute Gasteiger partial charge is 0.243 e. The van der Waals surface area contributed by atoms with Gasteiger partial charge in [0.15, 0.2) is 11.5 Å². The normalized spacial score (nSPS) is 19.1. The van der Waals surface area contributed by atoms with E-state index in [0.29, 0.717) is 28.5 Å². The number of benzene rings is 2. The van der Waals surface area contributed by atoms with Crippen molar-refractivity contribution in [3.8, 4) is 17.2 Å². The molecule has 0 radical (unpaired) electrons. The molecule has 0 aliphatic carbocycles. The van der Waals surface area contributed by atoms with E-state index in [9.17, 15) is 13.2 Å². The number of methoxy groups -OCH3 is 3. The molecule has 3 rings (SSSR count). The molecule has 8 nitrogen and oxygen atoms in total. The first-order chi connectivity index (χ1) is 15.7. The number of carbonyl (C=O) groups is 1. The van der Waals surface area contributed by atoms with Crippen LogP contribution in [0.15, 0.2) is 41.3 Å². The van der Waals surface area contributed by atoms with Crippen molar-refractivity contribution in [2.45, 2.75) is 56.5 Å². The fourth-order valence-electron chi connectivity index (χ4n) is 4.33. The maximum absolute atomic E-state index is 13.2. The highest BCUT2D eigenvalue weighted by molar-refractivity contribution is 7.89. The fraction of sp³-hybridized carbons (Fsp3) is 0.458. The molecular formula is C24H32N2O6S. The Kier molecular flexibility index (Phi) is 7.86. The zero-order valence-electron chi connectivity index (χ0n) is 19.8. The van der Waals surface area contributed by atoms with E-state index in [4.69, 9.17) is 14.2 Å². The van der Waals surface area contributed by atoms with Crippen molar-refractivity contribution in [3.63, 3.8) is 0 Å². The average Bonchev–Trinajstić information content (AvgIpc) is 2.78. The van der Waals surface area contributed by atoms with E-state index in [2.05, 4.69) is 5.32 Å². The predicted molar refractivity (Wildman–Crippen MR) is 127 cm³/mol. The average molecular weight is 477 g/mol. The Labute approximate surface area is 195 Å². The summed E-state index contributed by atoms with van der Waals surface area (Å²) in [5, 5.41) is 2.81. The van der Waals surface area contributed by atoms with Crippen molar-refractivity contribution in [1.82, 2.24) is 4.31 Å². The SMILES string of the molecule is COc1cc(CC(=O)Nc2ccc(S(=O)(=O)N3[C@H](C)CCC[C@H]3C)cc2)cc(OC)c1OC. The van der Waals surface area contributed by atoms with Crippen LogP contribution in [0.25, 0.3) is 0 Å². The van der Waals surface area contributed by atoms with Crippen molar-refractivity contribution >= 4 is 21.6 Å². The molecule has 9 heteroatoms. The zero-order chi connectivity index (χ0) is 24.2. The highest BCUT2D eigenvalue weighted by atomic mass is 32.2. The van der Waals surface area contributed by atoms with Gasteiger partial charge in [0.25, 0.3) is 0 Å². The number of amides is 1. The summed E-state index contributed by atoms with van der Waals surface area (Å²) < 4.78 is 43.9. The van der Waals surface area contributed by atoms with Gasteiger partial charge in [-0.2, -0.15) is 4.31 Å². The number of piperidine rings is 1. The molecule has 2 aromatic rings. The molecule has 180 valence electrons. The first kappa shape index (κ1) is 24.9. The van der Waals surface area contributed by atoms with Gasteiger partial charge >= 0.3 is 0 Å². The van der Waals surface area contributed by atoms with Gasteiger partial charge in [0, 0.05) is 17.8 Å². The molecule has 0 bridgehead atoms. The van der Waals surface area contributed by atoms with Crippen LogP contribution in [0, 0.1) is 0 Å². The van der Waals surface area contributed by atoms with Gasteiger partial charge in [0.1, 0.15) is 0 Å². The number of ether oxygens (including phenoxy) is 3. The van der Waals surface area contributed by atoms with Gasteiger partial charge in [-0.1, -0.05) is 6.42 Å². The van der Waals surface area contributed by atoms with Crippen LogP contribution >= 0.6 is 0 Å². The largest absolute Gasteiger partial charge is 0.493 e. The number of anilines is 1. The van der Waals surface area contributed by atoms with E-state index in [1.807, 2.05) is 13.8 Å². The fourth-order valence-corrected chi connectivity index (χ4v) is 6.21. The second-order valence-corrected chi connectivity index (χ2v) is 10.1. The Morgan fingerprint density at radius 2 is 1.52 bits per heavy atom. The highest BCUT2D eigenvalue weighted by Crippen LogP contribution is 2.38. The van der Waals surface area contributed by atoms with Crippen molar-refractivity contribution in [2.75, 3.05) is 26.6 Å². The minimum Gasteiger partial charge on any atom is -0.493 e. The molecule has 2 aromatic carbocycles. The maximum atomic E-state index is 13.2. The molecule has 1 heterocycles. The van der Waals surface area contributed by atoms with Gasteiger partial charge in [-0.3, -0.25) is 4.79 Å². The minimum absolute atomic E-state index is 0.0309. The Morgan fingerprint density at radius 1 is 0.970 bits per heavy atom. The number of hydrogen-bond acceptors (Lipinski definition) is 6. The molecule has 1 fully saturated rings. The van der Waals surface area contributed by atoms with E-state index < -0.39 is 10.0 Å². The molecule has 0 spiro atoms. The Balaban J connectivity index is 1.72. The Bertz CT molecular complexity index is 1050. The number of rotatable bonds is 8. The molecule has 0 aromatic heterocycles. The Morgan fingerprint density at radius 3 is 2.00 bits per heavy atom. The summed E-state index contributed by atoms with van der Waals surface area (Å²) in [5.41, 5.74) is 1.21. The van der Waals surface area contributed by atoms with Crippen LogP contribution in [0.3, 0.4) is 0 Å². The van der Waals surface area contributed by atoms with Crippen LogP contribution in [-0.2, 0) is 21.2 Å². The molecule has 0 unspecified atom stereocenters. The lowest BCUT2D eigenvalue weighted by Gasteiger charge is -2.37. The van der Waals surface area contributed by atoms with Gasteiger partial charge in [-0.15, -0.1) is 0 Å². The lowest BCUT2D eigenvalue weighted by atomic mass is 10.0. The summed E-state index contributed by atoms with van der Waals surface area (Å²) in [7, 11) is 0.954. The number of nitrogens with one attached hydrogen (secondary N) is 1. The van der Waals surface area contributed by atoms with Gasteiger partial charge < -0.3 is 19.5 Å². The van der Waals surface area contributed by atoms with Crippen molar-refractivity contribution in [1.29, 1.82) is 0 Å². The summed E-state index contributed by atoms with van der Waals surface area (Å²) >= 11 is 0. The first-order valence-corrected chi connectivity index (χ1v) is 12.4. The quantitative estimate of drug-likeness (QED) is 0.622. The van der Waals surface area contributed by atoms with Gasteiger partial charge in [-0.25, -0.2) is 8.42 Å². The number of nitrogens with zero attached hydrogens (tertiary/aromatic N) is 1. The van der Waals surface area contributed by atoms with E-state index >= 15 is 0 Å². The molecule has 1 saturated heterocycles. The highest BCUT2D eigenvalue weighted by Gasteiger charge is 2.35. The predicted octanol–water partition coefficient (Wildman–Crippen LogP) is 3.85. The van der Waals surface area contributed by atoms with Crippen molar-refractivity contribution in [2.24, 2.45) is 0 Å². The minimum atomic E-state index is -3.60. The van der Waals surface area contributed by atoms with Gasteiger partial charge in [0.05, 0.1) is 32.6 Å². The summed E-state index contributed by atoms with van der Waals surface area (Å²) in [4.78, 5) is 12.8. The van der Waals surface area contributed by atoms with E-state index in [-0.39, 0.29) is 29.3 Å². The number of sulfonamides is 1. The van der Waals surface area contributed by atoms with Crippen LogP contribution in [0.1, 0.15) is 38.7 Å². The number of hydrogen-bond donors (Lipinski definition) is 1. The number of carbonyl (C=O) groups excluding carboxylic acids is 1. The van der Waals surface area contributed by atoms with Crippen LogP contribution in [-0.4, -0.2) is 52.0 Å². The summed E-state index contributed by atoms with van der Waals surface area (Å²) in [5.74, 6) is 1.14. The third-order valence-electron chi connectivity index (χ3n) is 5.92. The second kappa shape index (κ2) is 10.4. The third kappa shape index (κ3) is 5.42. The van der Waals surface area contributed by atoms with Crippen molar-refractivity contribution in [3.05, 3.63) is 42.0 Å². The maximum Gasteiger partial charge on any atom is 0.243 e. The molecule has 1 N–H and O–H groups in total. The summed E-state index contributed by atoms with van der Waals surface area (Å²) in [6.07, 6.45) is 2.84. The van der Waals surface area contributed by atoms with Gasteiger partial charge in [0.2, 0.25) is 21.7 Å². The monoisotopic (exact) mass is 476 g/mol. The Hall–Kier alpha value is -2.78. The topological polar surface area (TPSA) is 94.2 Å². The summed E-state index contributed by atoms with van der Waals surface area (Å²) in [6.45, 7) is 3.90. The second-order valence-electron chi connectivity index (χ2n) is 8.25. The van der Waals surface area contributed by atoms with E-state index in [1.54, 1.807) is 40.7 Å². The van der Waals surface area contributed by atoms with Crippen LogP contribution < -0.4 is 19.5 Å². The lowest BCUT2D eigenvalue weighted by Crippen LogP contribution is -2.47. The molecular weight excluding hydrogens is 444 g/mol. The summed E-state index contributed by atoms with van der Waals surface area (Å²) in [6, 6.07) is 9.68. The van der Waals surface area contributed by atoms with E-state index in [0.717, 1.165) is 19.3 Å². The van der Waals surface area contributed by atoms with Crippen molar-refractivity contribution < 1.29 is 27.4 Å². The standard InChI is InChI=1S/C24H32N2O6S/c1-16-7-6-8-17(2)26(16)33(28,29)20-11-9-19(10-12-20)25-23(27)15-18-13-21(30-3)24(32-5)22(14-18)31-4/h9-14,16-17H,6-8,15H2,1-5H3,(H,25,27)/t16-,17-/m1/s1. The zero-order valence-corrected chi connectivity index (χ0v) is 20.6. The molecule has 2 atom stereocenters. The molecule has 1 aliphatic rings.